The van der Waals surface area contributed by atoms with Crippen LogP contribution in [0.1, 0.15) is 31.8 Å². The van der Waals surface area contributed by atoms with Gasteiger partial charge in [-0.25, -0.2) is 4.39 Å². The van der Waals surface area contributed by atoms with E-state index in [4.69, 9.17) is 5.26 Å². The van der Waals surface area contributed by atoms with Gasteiger partial charge < -0.3 is 0 Å². The van der Waals surface area contributed by atoms with E-state index in [-0.39, 0.29) is 17.7 Å². The van der Waals surface area contributed by atoms with E-state index in [0.29, 0.717) is 11.1 Å². The maximum absolute atomic E-state index is 13.9. The third-order valence-electron chi connectivity index (χ3n) is 3.39. The number of hydrogen-bond acceptors (Lipinski definition) is 3. The molecule has 0 bridgehead atoms. The summed E-state index contributed by atoms with van der Waals surface area (Å²) >= 11 is 0. The fraction of sp³-hybridized carbons (Fsp3) is 0.0625. The molecule has 4 nitrogen and oxygen atoms in total. The smallest absolute Gasteiger partial charge is 0.261 e. The zero-order chi connectivity index (χ0) is 15.0. The molecule has 3 rings (SSSR count). The van der Waals surface area contributed by atoms with Crippen molar-refractivity contribution in [3.63, 3.8) is 0 Å². The summed E-state index contributed by atoms with van der Waals surface area (Å²) in [6.07, 6.45) is 0. The van der Waals surface area contributed by atoms with E-state index in [0.717, 1.165) is 11.0 Å². The van der Waals surface area contributed by atoms with Gasteiger partial charge in [0, 0.05) is 5.56 Å². The van der Waals surface area contributed by atoms with Gasteiger partial charge >= 0.3 is 0 Å². The minimum Gasteiger partial charge on any atom is -0.270 e. The zero-order valence-electron chi connectivity index (χ0n) is 10.8. The molecule has 1 aliphatic heterocycles. The summed E-state index contributed by atoms with van der Waals surface area (Å²) in [7, 11) is 0. The average molecular weight is 280 g/mol. The molecule has 0 fully saturated rings. The van der Waals surface area contributed by atoms with Crippen molar-refractivity contribution in [3.05, 3.63) is 70.5 Å². The second-order valence-electron chi connectivity index (χ2n) is 4.66. The summed E-state index contributed by atoms with van der Waals surface area (Å²) in [5.41, 5.74) is 1.05. The first-order valence-electron chi connectivity index (χ1n) is 6.25. The highest BCUT2D eigenvalue weighted by molar-refractivity contribution is 6.21. The van der Waals surface area contributed by atoms with Crippen molar-refractivity contribution in [1.82, 2.24) is 4.90 Å². The highest BCUT2D eigenvalue weighted by Gasteiger charge is 2.35. The van der Waals surface area contributed by atoms with Crippen molar-refractivity contribution >= 4 is 11.8 Å². The number of carbonyl (C=O) groups is 2. The predicted molar refractivity (Wildman–Crippen MR) is 71.8 cm³/mol. The Kier molecular flexibility index (Phi) is 2.99. The van der Waals surface area contributed by atoms with Gasteiger partial charge in [0.1, 0.15) is 5.82 Å². The molecule has 0 N–H and O–H groups in total. The van der Waals surface area contributed by atoms with Crippen molar-refractivity contribution in [1.29, 1.82) is 5.26 Å². The Morgan fingerprint density at radius 2 is 1.67 bits per heavy atom. The highest BCUT2D eigenvalue weighted by Crippen LogP contribution is 2.25. The normalized spacial score (nSPS) is 13.2. The number of fused-ring (bicyclic) bond motifs is 1. The quantitative estimate of drug-likeness (QED) is 0.794. The van der Waals surface area contributed by atoms with Crippen LogP contribution in [0.5, 0.6) is 0 Å². The topological polar surface area (TPSA) is 61.2 Å². The minimum absolute atomic E-state index is 0.149. The third-order valence-corrected chi connectivity index (χ3v) is 3.39. The van der Waals surface area contributed by atoms with Crippen LogP contribution in [-0.4, -0.2) is 16.7 Å². The number of hydrogen-bond donors (Lipinski definition) is 0. The second-order valence-corrected chi connectivity index (χ2v) is 4.66. The highest BCUT2D eigenvalue weighted by atomic mass is 19.1. The SMILES string of the molecule is N#Cc1ccc(CN2C(=O)c3ccccc3C2=O)c(F)c1. The van der Waals surface area contributed by atoms with Crippen LogP contribution in [0.15, 0.2) is 42.5 Å². The molecule has 0 atom stereocenters. The van der Waals surface area contributed by atoms with Gasteiger partial charge in [-0.3, -0.25) is 14.5 Å². The lowest BCUT2D eigenvalue weighted by Gasteiger charge is -2.14. The Morgan fingerprint density at radius 3 is 2.19 bits per heavy atom. The van der Waals surface area contributed by atoms with Gasteiger partial charge in [0.25, 0.3) is 11.8 Å². The number of benzene rings is 2. The molecular formula is C16H9FN2O2. The van der Waals surface area contributed by atoms with Crippen LogP contribution < -0.4 is 0 Å². The molecule has 0 unspecified atom stereocenters. The van der Waals surface area contributed by atoms with E-state index in [2.05, 4.69) is 0 Å². The standard InChI is InChI=1S/C16H9FN2O2/c17-14-7-10(8-18)5-6-11(14)9-19-15(20)12-3-1-2-4-13(12)16(19)21/h1-7H,9H2. The largest absolute Gasteiger partial charge is 0.270 e. The summed E-state index contributed by atoms with van der Waals surface area (Å²) < 4.78 is 13.9. The monoisotopic (exact) mass is 280 g/mol. The number of imide groups is 1. The van der Waals surface area contributed by atoms with Gasteiger partial charge in [-0.2, -0.15) is 5.26 Å². The third kappa shape index (κ3) is 2.07. The van der Waals surface area contributed by atoms with Crippen LogP contribution in [0, 0.1) is 17.1 Å². The van der Waals surface area contributed by atoms with Gasteiger partial charge in [-0.05, 0) is 24.3 Å². The molecule has 2 amide bonds. The van der Waals surface area contributed by atoms with Crippen molar-refractivity contribution in [3.8, 4) is 6.07 Å². The summed E-state index contributed by atoms with van der Waals surface area (Å²) in [6.45, 7) is -0.149. The second kappa shape index (κ2) is 4.84. The van der Waals surface area contributed by atoms with E-state index in [1.807, 2.05) is 6.07 Å². The van der Waals surface area contributed by atoms with Gasteiger partial charge in [0.05, 0.1) is 29.3 Å². The van der Waals surface area contributed by atoms with Crippen LogP contribution in [-0.2, 0) is 6.54 Å². The molecule has 21 heavy (non-hydrogen) atoms. The lowest BCUT2D eigenvalue weighted by molar-refractivity contribution is 0.0641. The first kappa shape index (κ1) is 13.0. The zero-order valence-corrected chi connectivity index (χ0v) is 10.8. The first-order valence-corrected chi connectivity index (χ1v) is 6.25. The molecular weight excluding hydrogens is 271 g/mol. The molecule has 102 valence electrons. The van der Waals surface area contributed by atoms with Gasteiger partial charge in [0.2, 0.25) is 0 Å². The molecule has 1 heterocycles. The molecule has 0 saturated heterocycles. The van der Waals surface area contributed by atoms with Crippen molar-refractivity contribution in [2.75, 3.05) is 0 Å². The van der Waals surface area contributed by atoms with E-state index in [1.165, 1.54) is 12.1 Å². The van der Waals surface area contributed by atoms with Crippen molar-refractivity contribution in [2.45, 2.75) is 6.54 Å². The van der Waals surface area contributed by atoms with E-state index in [9.17, 15) is 14.0 Å². The minimum atomic E-state index is -0.606. The number of nitriles is 1. The van der Waals surface area contributed by atoms with Crippen molar-refractivity contribution in [2.24, 2.45) is 0 Å². The molecule has 2 aromatic rings. The Labute approximate surface area is 120 Å². The van der Waals surface area contributed by atoms with Gasteiger partial charge in [0.15, 0.2) is 0 Å². The fourth-order valence-electron chi connectivity index (χ4n) is 2.30. The van der Waals surface area contributed by atoms with E-state index in [1.54, 1.807) is 24.3 Å². The predicted octanol–water partition coefficient (Wildman–Crippen LogP) is 2.49. The Bertz CT molecular complexity index is 773. The summed E-state index contributed by atoms with van der Waals surface area (Å²) in [5.74, 6) is -1.47. The Hall–Kier alpha value is -3.00. The molecule has 0 aliphatic carbocycles. The lowest BCUT2D eigenvalue weighted by atomic mass is 10.1. The number of carbonyl (C=O) groups excluding carboxylic acids is 2. The van der Waals surface area contributed by atoms with Crippen molar-refractivity contribution < 1.29 is 14.0 Å². The molecule has 0 radical (unpaired) electrons. The first-order chi connectivity index (χ1) is 10.1. The maximum Gasteiger partial charge on any atom is 0.261 e. The van der Waals surface area contributed by atoms with Crippen LogP contribution in [0.4, 0.5) is 4.39 Å². The molecule has 0 spiro atoms. The summed E-state index contributed by atoms with van der Waals surface area (Å²) in [5, 5.41) is 8.70. The molecule has 5 heteroatoms. The molecule has 1 aliphatic rings. The maximum atomic E-state index is 13.9. The number of nitrogens with zero attached hydrogens (tertiary/aromatic N) is 2. The Morgan fingerprint density at radius 1 is 1.05 bits per heavy atom. The molecule has 0 aromatic heterocycles. The van der Waals surface area contributed by atoms with Crippen LogP contribution >= 0.6 is 0 Å². The molecule has 2 aromatic carbocycles. The number of halogens is 1. The number of rotatable bonds is 2. The van der Waals surface area contributed by atoms with Crippen LogP contribution in [0.25, 0.3) is 0 Å². The van der Waals surface area contributed by atoms with Crippen LogP contribution in [0.2, 0.25) is 0 Å². The van der Waals surface area contributed by atoms with Crippen LogP contribution in [0.3, 0.4) is 0 Å². The average Bonchev–Trinajstić information content (AvgIpc) is 2.74. The Balaban J connectivity index is 1.93. The van der Waals surface area contributed by atoms with E-state index < -0.39 is 17.6 Å². The lowest BCUT2D eigenvalue weighted by Crippen LogP contribution is -2.29. The molecule has 0 saturated carbocycles. The fourth-order valence-corrected chi connectivity index (χ4v) is 2.30. The van der Waals surface area contributed by atoms with Gasteiger partial charge in [-0.15, -0.1) is 0 Å². The summed E-state index contributed by atoms with van der Waals surface area (Å²) in [4.78, 5) is 25.4. The van der Waals surface area contributed by atoms with Gasteiger partial charge in [-0.1, -0.05) is 18.2 Å². The number of amides is 2. The van der Waals surface area contributed by atoms with E-state index >= 15 is 0 Å². The summed E-state index contributed by atoms with van der Waals surface area (Å²) in [6, 6.07) is 12.3.